The van der Waals surface area contributed by atoms with Gasteiger partial charge in [-0.3, -0.25) is 9.20 Å². The van der Waals surface area contributed by atoms with Crippen molar-refractivity contribution in [1.29, 1.82) is 0 Å². The normalized spacial score (nSPS) is 13.2. The number of aromatic nitrogens is 2. The zero-order chi connectivity index (χ0) is 26.4. The zero-order valence-electron chi connectivity index (χ0n) is 22.1. The van der Waals surface area contributed by atoms with Crippen LogP contribution in [-0.2, 0) is 13.0 Å². The van der Waals surface area contributed by atoms with Crippen LogP contribution in [0.5, 0.6) is 0 Å². The van der Waals surface area contributed by atoms with Crippen LogP contribution in [0.15, 0.2) is 79.0 Å². The molecule has 0 atom stereocenters. The van der Waals surface area contributed by atoms with E-state index in [0.29, 0.717) is 22.3 Å². The van der Waals surface area contributed by atoms with Crippen LogP contribution in [0.1, 0.15) is 59.8 Å². The maximum absolute atomic E-state index is 14.1. The van der Waals surface area contributed by atoms with E-state index in [0.717, 1.165) is 53.8 Å². The van der Waals surface area contributed by atoms with Gasteiger partial charge in [-0.05, 0) is 60.9 Å². The Morgan fingerprint density at radius 3 is 2.34 bits per heavy atom. The standard InChI is InChI=1S/C33H32ClN3O/c1-21(2)23-15-17-25(18-16-23)30-26-8-6-7-19-36-29(24-13-11-22(3)12-14-24)20-37(33(26)36)31(30)32(38)35-28-10-5-4-9-27(28)34/h4-5,9-18,20-21H,6-8,19H2,1-3H3,(H,35,38). The van der Waals surface area contributed by atoms with Crippen molar-refractivity contribution in [2.24, 2.45) is 0 Å². The number of hydrogen-bond donors (Lipinski definition) is 1. The van der Waals surface area contributed by atoms with Gasteiger partial charge in [0.05, 0.1) is 16.4 Å². The number of amides is 1. The predicted octanol–water partition coefficient (Wildman–Crippen LogP) is 8.75. The number of aryl methyl sites for hydroxylation is 3. The molecule has 4 nitrogen and oxygen atoms in total. The Morgan fingerprint density at radius 1 is 0.921 bits per heavy atom. The molecule has 0 aliphatic carbocycles. The highest BCUT2D eigenvalue weighted by atomic mass is 35.5. The number of carbonyl (C=O) groups excluding carboxylic acids is 1. The van der Waals surface area contributed by atoms with Gasteiger partial charge >= 0.3 is 0 Å². The van der Waals surface area contributed by atoms with Gasteiger partial charge < -0.3 is 9.88 Å². The van der Waals surface area contributed by atoms with Gasteiger partial charge in [-0.1, -0.05) is 91.7 Å². The summed E-state index contributed by atoms with van der Waals surface area (Å²) in [6, 6.07) is 24.8. The molecule has 0 saturated heterocycles. The SMILES string of the molecule is Cc1ccc(-c2cn3c(C(=O)Nc4ccccc4Cl)c(-c4ccc(C(C)C)cc4)c4c3n2CCCC4)cc1. The van der Waals surface area contributed by atoms with Gasteiger partial charge in [0.1, 0.15) is 11.3 Å². The van der Waals surface area contributed by atoms with E-state index >= 15 is 0 Å². The van der Waals surface area contributed by atoms with Crippen LogP contribution in [0.3, 0.4) is 0 Å². The molecule has 5 aromatic rings. The first-order chi connectivity index (χ1) is 18.4. The molecule has 38 heavy (non-hydrogen) atoms. The molecular formula is C33H32ClN3O. The summed E-state index contributed by atoms with van der Waals surface area (Å²) >= 11 is 6.44. The van der Waals surface area contributed by atoms with Crippen LogP contribution in [0.4, 0.5) is 5.69 Å². The molecule has 3 heterocycles. The average Bonchev–Trinajstić information content (AvgIpc) is 3.33. The fourth-order valence-electron chi connectivity index (χ4n) is 5.65. The molecule has 6 rings (SSSR count). The molecule has 0 saturated carbocycles. The molecule has 0 bridgehead atoms. The Balaban J connectivity index is 1.60. The largest absolute Gasteiger partial charge is 0.325 e. The number of carbonyl (C=O) groups is 1. The lowest BCUT2D eigenvalue weighted by molar-refractivity contribution is 0.102. The summed E-state index contributed by atoms with van der Waals surface area (Å²) in [7, 11) is 0. The van der Waals surface area contributed by atoms with Crippen LogP contribution in [0.2, 0.25) is 5.02 Å². The van der Waals surface area contributed by atoms with Gasteiger partial charge in [0.15, 0.2) is 0 Å². The summed E-state index contributed by atoms with van der Waals surface area (Å²) in [5.41, 5.74) is 10.5. The second-order valence-corrected chi connectivity index (χ2v) is 11.0. The second-order valence-electron chi connectivity index (χ2n) is 10.6. The smallest absolute Gasteiger partial charge is 0.273 e. The van der Waals surface area contributed by atoms with Crippen LogP contribution in [-0.4, -0.2) is 14.9 Å². The van der Waals surface area contributed by atoms with Crippen molar-refractivity contribution in [3.05, 3.63) is 106 Å². The lowest BCUT2D eigenvalue weighted by Gasteiger charge is -2.12. The van der Waals surface area contributed by atoms with Crippen molar-refractivity contribution in [2.45, 2.75) is 52.5 Å². The Bertz CT molecular complexity index is 1640. The van der Waals surface area contributed by atoms with Crippen molar-refractivity contribution in [3.63, 3.8) is 0 Å². The zero-order valence-corrected chi connectivity index (χ0v) is 22.8. The Labute approximate surface area is 228 Å². The molecule has 3 aromatic carbocycles. The van der Waals surface area contributed by atoms with E-state index in [4.69, 9.17) is 11.6 Å². The van der Waals surface area contributed by atoms with Gasteiger partial charge in [-0.25, -0.2) is 0 Å². The maximum atomic E-state index is 14.1. The third kappa shape index (κ3) is 4.23. The lowest BCUT2D eigenvalue weighted by atomic mass is 9.95. The highest BCUT2D eigenvalue weighted by molar-refractivity contribution is 6.34. The van der Waals surface area contributed by atoms with E-state index in [1.165, 1.54) is 16.7 Å². The first kappa shape index (κ1) is 24.6. The number of anilines is 1. The molecule has 2 aromatic heterocycles. The van der Waals surface area contributed by atoms with Crippen molar-refractivity contribution in [2.75, 3.05) is 5.32 Å². The fraction of sp³-hybridized carbons (Fsp3) is 0.242. The molecule has 0 unspecified atom stereocenters. The van der Waals surface area contributed by atoms with Crippen molar-refractivity contribution < 1.29 is 4.79 Å². The van der Waals surface area contributed by atoms with E-state index in [1.54, 1.807) is 6.07 Å². The molecule has 5 heteroatoms. The highest BCUT2D eigenvalue weighted by Gasteiger charge is 2.30. The summed E-state index contributed by atoms with van der Waals surface area (Å²) < 4.78 is 4.53. The summed E-state index contributed by atoms with van der Waals surface area (Å²) in [6.45, 7) is 7.43. The maximum Gasteiger partial charge on any atom is 0.273 e. The molecule has 0 spiro atoms. The number of nitrogens with one attached hydrogen (secondary N) is 1. The number of halogens is 1. The lowest BCUT2D eigenvalue weighted by Crippen LogP contribution is -2.15. The van der Waals surface area contributed by atoms with E-state index in [2.05, 4.69) is 89.8 Å². The third-order valence-corrected chi connectivity index (χ3v) is 8.01. The Kier molecular flexibility index (Phi) is 6.37. The van der Waals surface area contributed by atoms with Crippen LogP contribution < -0.4 is 5.32 Å². The van der Waals surface area contributed by atoms with Gasteiger partial charge in [-0.15, -0.1) is 0 Å². The molecule has 1 N–H and O–H groups in total. The second kappa shape index (κ2) is 9.85. The molecule has 1 aliphatic rings. The highest BCUT2D eigenvalue weighted by Crippen LogP contribution is 2.40. The number of nitrogens with zero attached hydrogens (tertiary/aromatic N) is 2. The minimum Gasteiger partial charge on any atom is -0.325 e. The minimum absolute atomic E-state index is 0.157. The van der Waals surface area contributed by atoms with Crippen LogP contribution in [0.25, 0.3) is 28.0 Å². The minimum atomic E-state index is -0.157. The fourth-order valence-corrected chi connectivity index (χ4v) is 5.84. The number of rotatable bonds is 5. The summed E-state index contributed by atoms with van der Waals surface area (Å²) in [4.78, 5) is 14.1. The molecule has 1 amide bonds. The molecule has 192 valence electrons. The quantitative estimate of drug-likeness (QED) is 0.246. The molecule has 0 radical (unpaired) electrons. The Hall–Kier alpha value is -3.76. The van der Waals surface area contributed by atoms with Gasteiger partial charge in [0.25, 0.3) is 5.91 Å². The van der Waals surface area contributed by atoms with Crippen molar-refractivity contribution in [3.8, 4) is 22.4 Å². The number of imidazole rings is 1. The Morgan fingerprint density at radius 2 is 1.63 bits per heavy atom. The summed E-state index contributed by atoms with van der Waals surface area (Å²) in [5.74, 6) is 0.290. The molecule has 1 aliphatic heterocycles. The van der Waals surface area contributed by atoms with Crippen LogP contribution >= 0.6 is 11.6 Å². The van der Waals surface area contributed by atoms with E-state index in [-0.39, 0.29) is 5.91 Å². The molecule has 0 fully saturated rings. The topological polar surface area (TPSA) is 38.4 Å². The monoisotopic (exact) mass is 521 g/mol. The third-order valence-electron chi connectivity index (χ3n) is 7.68. The van der Waals surface area contributed by atoms with Gasteiger partial charge in [0, 0.05) is 23.9 Å². The number of para-hydroxylation sites is 1. The van der Waals surface area contributed by atoms with E-state index < -0.39 is 0 Å². The van der Waals surface area contributed by atoms with Crippen molar-refractivity contribution in [1.82, 2.24) is 8.97 Å². The van der Waals surface area contributed by atoms with Gasteiger partial charge in [0.2, 0.25) is 0 Å². The molecular weight excluding hydrogens is 490 g/mol. The van der Waals surface area contributed by atoms with Crippen LogP contribution in [0, 0.1) is 6.92 Å². The van der Waals surface area contributed by atoms with E-state index in [1.807, 2.05) is 18.2 Å². The average molecular weight is 522 g/mol. The summed E-state index contributed by atoms with van der Waals surface area (Å²) in [5, 5.41) is 3.63. The van der Waals surface area contributed by atoms with E-state index in [9.17, 15) is 4.79 Å². The number of hydrogen-bond acceptors (Lipinski definition) is 1. The van der Waals surface area contributed by atoms with Crippen molar-refractivity contribution >= 4 is 28.8 Å². The first-order valence-corrected chi connectivity index (χ1v) is 13.8. The van der Waals surface area contributed by atoms with Gasteiger partial charge in [-0.2, -0.15) is 0 Å². The summed E-state index contributed by atoms with van der Waals surface area (Å²) in [6.07, 6.45) is 5.26. The predicted molar refractivity (Wildman–Crippen MR) is 157 cm³/mol. The first-order valence-electron chi connectivity index (χ1n) is 13.4. The number of benzene rings is 3.